The maximum Gasteiger partial charge on any atom is 0.124 e. The first-order chi connectivity index (χ1) is 15.9. The Labute approximate surface area is 201 Å². The normalized spacial score (nSPS) is 14.0. The third kappa shape index (κ3) is 5.06. The fourth-order valence-electron chi connectivity index (χ4n) is 3.59. The van der Waals surface area contributed by atoms with Crippen molar-refractivity contribution in [3.8, 4) is 23.1 Å². The molecule has 0 spiro atoms. The fourth-order valence-corrected chi connectivity index (χ4v) is 3.59. The predicted octanol–water partition coefficient (Wildman–Crippen LogP) is 5.44. The summed E-state index contributed by atoms with van der Waals surface area (Å²) in [7, 11) is 0. The van der Waals surface area contributed by atoms with Crippen LogP contribution < -0.4 is 11.5 Å². The van der Waals surface area contributed by atoms with Gasteiger partial charge in [0.05, 0.1) is 35.0 Å². The molecule has 176 valence electrons. The predicted molar refractivity (Wildman–Crippen MR) is 139 cm³/mol. The molecule has 4 rings (SSSR count). The molecular weight excluding hydrogens is 420 g/mol. The number of fused-ring (bicyclic) bond motifs is 1. The molecule has 4 aromatic rings. The second kappa shape index (κ2) is 8.75. The molecule has 2 heterocycles. The van der Waals surface area contributed by atoms with Crippen molar-refractivity contribution in [2.24, 2.45) is 22.3 Å². The molecule has 6 heteroatoms. The first kappa shape index (κ1) is 23.7. The molecule has 2 aromatic carbocycles. The van der Waals surface area contributed by atoms with E-state index < -0.39 is 0 Å². The number of H-pyrrole nitrogens is 2. The van der Waals surface area contributed by atoms with Crippen molar-refractivity contribution < 1.29 is 0 Å². The monoisotopic (exact) mass is 454 g/mol. The zero-order chi connectivity index (χ0) is 24.7. The summed E-state index contributed by atoms with van der Waals surface area (Å²) in [6.45, 7) is 12.7. The van der Waals surface area contributed by atoms with Crippen molar-refractivity contribution in [3.05, 3.63) is 71.4 Å². The van der Waals surface area contributed by atoms with Crippen molar-refractivity contribution >= 4 is 11.0 Å². The van der Waals surface area contributed by atoms with E-state index in [4.69, 9.17) is 11.5 Å². The lowest BCUT2D eigenvalue weighted by Gasteiger charge is -2.24. The van der Waals surface area contributed by atoms with Crippen LogP contribution in [0.4, 0.5) is 0 Å². The molecule has 0 aliphatic rings. The molecule has 6 N–H and O–H groups in total. The zero-order valence-corrected chi connectivity index (χ0v) is 20.8. The van der Waals surface area contributed by atoms with Gasteiger partial charge < -0.3 is 21.4 Å². The second-order valence-corrected chi connectivity index (χ2v) is 11.1. The topological polar surface area (TPSA) is 109 Å². The van der Waals surface area contributed by atoms with Crippen LogP contribution in [0.25, 0.3) is 22.3 Å². The van der Waals surface area contributed by atoms with Crippen LogP contribution in [0.5, 0.6) is 0 Å². The lowest BCUT2D eigenvalue weighted by atomic mass is 9.87. The standard InChI is InChI=1S/C28H34N6/c1-27(2,3)23(29)25-31-16-22(34-25)19-12-9-17(10-13-19)7-8-18-11-14-20-21(15-18)33-26(32-20)24(30)28(4,5)6/h9-16,23-24H,29-30H2,1-6H3,(H,31,34)(H,32,33)/t23-,24?/m1/s1. The van der Waals surface area contributed by atoms with E-state index in [1.165, 1.54) is 0 Å². The van der Waals surface area contributed by atoms with Gasteiger partial charge >= 0.3 is 0 Å². The molecule has 2 atom stereocenters. The van der Waals surface area contributed by atoms with Gasteiger partial charge in [0.25, 0.3) is 0 Å². The van der Waals surface area contributed by atoms with E-state index in [0.29, 0.717) is 0 Å². The summed E-state index contributed by atoms with van der Waals surface area (Å²) in [6, 6.07) is 13.8. The van der Waals surface area contributed by atoms with Gasteiger partial charge in [0, 0.05) is 11.1 Å². The molecule has 0 aliphatic heterocycles. The van der Waals surface area contributed by atoms with Crippen molar-refractivity contribution in [3.63, 3.8) is 0 Å². The second-order valence-electron chi connectivity index (χ2n) is 11.1. The quantitative estimate of drug-likeness (QED) is 0.309. The molecule has 2 aromatic heterocycles. The van der Waals surface area contributed by atoms with Crippen molar-refractivity contribution in [2.45, 2.75) is 53.6 Å². The van der Waals surface area contributed by atoms with Crippen LogP contribution in [0.2, 0.25) is 0 Å². The number of aromatic amines is 2. The Morgan fingerprint density at radius 3 is 2.00 bits per heavy atom. The molecule has 0 radical (unpaired) electrons. The Balaban J connectivity index is 1.51. The number of nitrogens with zero attached hydrogens (tertiary/aromatic N) is 2. The number of nitrogens with one attached hydrogen (secondary N) is 2. The van der Waals surface area contributed by atoms with Gasteiger partial charge in [-0.05, 0) is 46.7 Å². The first-order valence-corrected chi connectivity index (χ1v) is 11.6. The van der Waals surface area contributed by atoms with Gasteiger partial charge in [-0.3, -0.25) is 0 Å². The highest BCUT2D eigenvalue weighted by Crippen LogP contribution is 2.31. The average Bonchev–Trinajstić information content (AvgIpc) is 3.42. The summed E-state index contributed by atoms with van der Waals surface area (Å²) >= 11 is 0. The number of hydrogen-bond acceptors (Lipinski definition) is 4. The third-order valence-electron chi connectivity index (χ3n) is 6.10. The fraction of sp³-hybridized carbons (Fsp3) is 0.357. The highest BCUT2D eigenvalue weighted by atomic mass is 15.0. The molecule has 0 saturated heterocycles. The summed E-state index contributed by atoms with van der Waals surface area (Å²) in [5, 5.41) is 0. The number of rotatable bonds is 3. The Morgan fingerprint density at radius 2 is 1.35 bits per heavy atom. The summed E-state index contributed by atoms with van der Waals surface area (Å²) in [5.74, 6) is 8.10. The molecule has 0 fully saturated rings. The van der Waals surface area contributed by atoms with Gasteiger partial charge in [-0.15, -0.1) is 0 Å². The minimum absolute atomic E-state index is 0.0616. The maximum atomic E-state index is 6.36. The Bertz CT molecular complexity index is 1350. The van der Waals surface area contributed by atoms with Crippen molar-refractivity contribution in [2.75, 3.05) is 0 Å². The summed E-state index contributed by atoms with van der Waals surface area (Å²) in [6.07, 6.45) is 1.83. The molecule has 0 saturated carbocycles. The van der Waals surface area contributed by atoms with Crippen LogP contribution in [0.15, 0.2) is 48.7 Å². The van der Waals surface area contributed by atoms with Crippen LogP contribution in [0, 0.1) is 22.7 Å². The minimum atomic E-state index is -0.164. The molecule has 6 nitrogen and oxygen atoms in total. The third-order valence-corrected chi connectivity index (χ3v) is 6.10. The Kier molecular flexibility index (Phi) is 6.11. The number of aromatic nitrogens is 4. The maximum absolute atomic E-state index is 6.36. The largest absolute Gasteiger partial charge is 0.341 e. The molecule has 1 unspecified atom stereocenters. The first-order valence-electron chi connectivity index (χ1n) is 11.6. The van der Waals surface area contributed by atoms with E-state index in [1.54, 1.807) is 0 Å². The van der Waals surface area contributed by atoms with E-state index in [1.807, 2.05) is 48.7 Å². The SMILES string of the molecule is CC(C)(C)C(N)c1nc2ccc(C#Cc3ccc(-c4cnc([C@@H](N)C(C)(C)C)[nH]4)cc3)cc2[nH]1. The van der Waals surface area contributed by atoms with Gasteiger partial charge in [-0.2, -0.15) is 0 Å². The van der Waals surface area contributed by atoms with E-state index in [0.717, 1.165) is 45.1 Å². The Hall–Kier alpha value is -3.40. The number of imidazole rings is 2. The van der Waals surface area contributed by atoms with Crippen LogP contribution in [0.1, 0.15) is 76.4 Å². The smallest absolute Gasteiger partial charge is 0.124 e. The average molecular weight is 455 g/mol. The van der Waals surface area contributed by atoms with Gasteiger partial charge in [0.15, 0.2) is 0 Å². The van der Waals surface area contributed by atoms with Crippen LogP contribution in [0.3, 0.4) is 0 Å². The van der Waals surface area contributed by atoms with E-state index in [9.17, 15) is 0 Å². The zero-order valence-electron chi connectivity index (χ0n) is 20.8. The molecule has 0 aliphatic carbocycles. The molecular formula is C28H34N6. The van der Waals surface area contributed by atoms with E-state index in [2.05, 4.69) is 73.3 Å². The van der Waals surface area contributed by atoms with Crippen LogP contribution in [-0.2, 0) is 0 Å². The van der Waals surface area contributed by atoms with Crippen molar-refractivity contribution in [1.29, 1.82) is 0 Å². The summed E-state index contributed by atoms with van der Waals surface area (Å²) in [4.78, 5) is 15.9. The Morgan fingerprint density at radius 1 is 0.765 bits per heavy atom. The van der Waals surface area contributed by atoms with Gasteiger partial charge in [-0.25, -0.2) is 9.97 Å². The summed E-state index contributed by atoms with van der Waals surface area (Å²) < 4.78 is 0. The number of benzene rings is 2. The van der Waals surface area contributed by atoms with Gasteiger partial charge in [0.2, 0.25) is 0 Å². The van der Waals surface area contributed by atoms with E-state index >= 15 is 0 Å². The highest BCUT2D eigenvalue weighted by Gasteiger charge is 2.26. The van der Waals surface area contributed by atoms with E-state index in [-0.39, 0.29) is 22.9 Å². The lowest BCUT2D eigenvalue weighted by molar-refractivity contribution is 0.317. The van der Waals surface area contributed by atoms with Crippen molar-refractivity contribution in [1.82, 2.24) is 19.9 Å². The minimum Gasteiger partial charge on any atom is -0.341 e. The number of nitrogens with two attached hydrogens (primary N) is 2. The van der Waals surface area contributed by atoms with Crippen LogP contribution >= 0.6 is 0 Å². The number of hydrogen-bond donors (Lipinski definition) is 4. The molecule has 0 bridgehead atoms. The van der Waals surface area contributed by atoms with Gasteiger partial charge in [-0.1, -0.05) is 65.5 Å². The molecule has 0 amide bonds. The molecule has 34 heavy (non-hydrogen) atoms. The highest BCUT2D eigenvalue weighted by molar-refractivity contribution is 5.77. The lowest BCUT2D eigenvalue weighted by Crippen LogP contribution is -2.27. The van der Waals surface area contributed by atoms with Gasteiger partial charge in [0.1, 0.15) is 11.6 Å². The summed E-state index contributed by atoms with van der Waals surface area (Å²) in [5.41, 5.74) is 18.3. The van der Waals surface area contributed by atoms with Crippen LogP contribution in [-0.4, -0.2) is 19.9 Å².